The molecule has 0 fully saturated rings. The van der Waals surface area contributed by atoms with E-state index in [0.29, 0.717) is 6.04 Å². The summed E-state index contributed by atoms with van der Waals surface area (Å²) in [7, 11) is 0. The number of imidazole rings is 1. The molecule has 0 saturated heterocycles. The summed E-state index contributed by atoms with van der Waals surface area (Å²) in [4.78, 5) is 4.68. The van der Waals surface area contributed by atoms with Gasteiger partial charge in [0.15, 0.2) is 11.6 Å². The Balaban J connectivity index is 2.32. The fourth-order valence-corrected chi connectivity index (χ4v) is 2.44. The van der Waals surface area contributed by atoms with Crippen molar-refractivity contribution in [2.45, 2.75) is 26.3 Å². The van der Waals surface area contributed by atoms with Gasteiger partial charge in [0.25, 0.3) is 0 Å². The molecule has 98 valence electrons. The Labute approximate surface area is 116 Å². The second kappa shape index (κ2) is 4.74. The summed E-state index contributed by atoms with van der Waals surface area (Å²) in [5, 5.41) is 0.725. The largest absolute Gasteiger partial charge is 0.461 e. The molecule has 0 radical (unpaired) electrons. The summed E-state index contributed by atoms with van der Waals surface area (Å²) in [6, 6.07) is 9.92. The Hall–Kier alpha value is -1.74. The predicted molar refractivity (Wildman–Crippen MR) is 77.4 cm³/mol. The first-order valence-electron chi connectivity index (χ1n) is 6.42. The van der Waals surface area contributed by atoms with Crippen LogP contribution in [0.2, 0.25) is 5.02 Å². The number of hydrogen-bond donors (Lipinski definition) is 0. The molecule has 1 atom stereocenters. The van der Waals surface area contributed by atoms with Crippen LogP contribution < -0.4 is 0 Å². The molecule has 0 N–H and O–H groups in total. The number of aromatic nitrogens is 2. The van der Waals surface area contributed by atoms with Crippen LogP contribution >= 0.6 is 11.6 Å². The Kier molecular flexibility index (Phi) is 3.07. The van der Waals surface area contributed by atoms with Gasteiger partial charge in [0, 0.05) is 11.1 Å². The van der Waals surface area contributed by atoms with Gasteiger partial charge in [0.1, 0.15) is 0 Å². The first-order chi connectivity index (χ1) is 9.20. The van der Waals surface area contributed by atoms with E-state index in [2.05, 4.69) is 23.4 Å². The fraction of sp³-hybridized carbons (Fsp3) is 0.267. The van der Waals surface area contributed by atoms with Crippen LogP contribution in [0.3, 0.4) is 0 Å². The van der Waals surface area contributed by atoms with Crippen molar-refractivity contribution in [3.05, 3.63) is 41.6 Å². The average molecular weight is 275 g/mol. The third kappa shape index (κ3) is 2.04. The minimum Gasteiger partial charge on any atom is -0.461 e. The van der Waals surface area contributed by atoms with Gasteiger partial charge in [-0.15, -0.1) is 0 Å². The maximum atomic E-state index is 6.11. The average Bonchev–Trinajstić information content (AvgIpc) is 3.03. The van der Waals surface area contributed by atoms with Crippen molar-refractivity contribution in [2.75, 3.05) is 0 Å². The van der Waals surface area contributed by atoms with E-state index in [1.54, 1.807) is 6.26 Å². The van der Waals surface area contributed by atoms with Gasteiger partial charge in [-0.2, -0.15) is 0 Å². The summed E-state index contributed by atoms with van der Waals surface area (Å²) in [6.45, 7) is 4.33. The Bertz CT molecular complexity index is 700. The van der Waals surface area contributed by atoms with E-state index >= 15 is 0 Å². The lowest BCUT2D eigenvalue weighted by atomic mass is 10.2. The third-order valence-electron chi connectivity index (χ3n) is 3.42. The smallest absolute Gasteiger partial charge is 0.177 e. The van der Waals surface area contributed by atoms with Crippen LogP contribution in [0, 0.1) is 0 Å². The molecule has 19 heavy (non-hydrogen) atoms. The second-order valence-electron chi connectivity index (χ2n) is 4.67. The number of rotatable bonds is 3. The molecule has 0 aliphatic carbocycles. The van der Waals surface area contributed by atoms with Gasteiger partial charge < -0.3 is 8.98 Å². The van der Waals surface area contributed by atoms with E-state index in [4.69, 9.17) is 16.0 Å². The maximum absolute atomic E-state index is 6.11. The Morgan fingerprint density at radius 3 is 2.89 bits per heavy atom. The molecule has 1 aromatic carbocycles. The van der Waals surface area contributed by atoms with E-state index in [0.717, 1.165) is 34.1 Å². The van der Waals surface area contributed by atoms with Crippen molar-refractivity contribution in [2.24, 2.45) is 0 Å². The van der Waals surface area contributed by atoms with Crippen LogP contribution in [0.5, 0.6) is 0 Å². The highest BCUT2D eigenvalue weighted by molar-refractivity contribution is 6.31. The molecule has 2 heterocycles. The molecule has 0 spiro atoms. The molecule has 0 aliphatic rings. The van der Waals surface area contributed by atoms with Gasteiger partial charge in [0.05, 0.1) is 17.3 Å². The fourth-order valence-electron chi connectivity index (χ4n) is 2.27. The van der Waals surface area contributed by atoms with Gasteiger partial charge in [-0.1, -0.05) is 18.5 Å². The highest BCUT2D eigenvalue weighted by Crippen LogP contribution is 2.31. The molecule has 3 nitrogen and oxygen atoms in total. The van der Waals surface area contributed by atoms with E-state index in [9.17, 15) is 0 Å². The van der Waals surface area contributed by atoms with Gasteiger partial charge in [-0.25, -0.2) is 4.98 Å². The topological polar surface area (TPSA) is 31.0 Å². The zero-order valence-corrected chi connectivity index (χ0v) is 11.7. The van der Waals surface area contributed by atoms with Gasteiger partial charge >= 0.3 is 0 Å². The first-order valence-corrected chi connectivity index (χ1v) is 6.80. The molecule has 3 rings (SSSR count). The van der Waals surface area contributed by atoms with Crippen LogP contribution in [-0.2, 0) is 0 Å². The normalized spacial score (nSPS) is 13.0. The van der Waals surface area contributed by atoms with E-state index in [1.165, 1.54) is 0 Å². The van der Waals surface area contributed by atoms with Crippen LogP contribution in [0.25, 0.3) is 22.6 Å². The second-order valence-corrected chi connectivity index (χ2v) is 5.11. The van der Waals surface area contributed by atoms with E-state index in [1.807, 2.05) is 30.3 Å². The summed E-state index contributed by atoms with van der Waals surface area (Å²) < 4.78 is 7.69. The van der Waals surface area contributed by atoms with Crippen molar-refractivity contribution in [1.82, 2.24) is 9.55 Å². The summed E-state index contributed by atoms with van der Waals surface area (Å²) in [6.07, 6.45) is 2.69. The van der Waals surface area contributed by atoms with Crippen LogP contribution in [-0.4, -0.2) is 9.55 Å². The molecule has 0 aliphatic heterocycles. The molecule has 4 heteroatoms. The van der Waals surface area contributed by atoms with Crippen molar-refractivity contribution in [3.8, 4) is 11.6 Å². The van der Waals surface area contributed by atoms with E-state index < -0.39 is 0 Å². The number of halogens is 1. The van der Waals surface area contributed by atoms with Crippen molar-refractivity contribution in [1.29, 1.82) is 0 Å². The minimum absolute atomic E-state index is 0.337. The molecule has 2 aromatic heterocycles. The number of hydrogen-bond acceptors (Lipinski definition) is 2. The molecule has 1 unspecified atom stereocenters. The van der Waals surface area contributed by atoms with Crippen LogP contribution in [0.15, 0.2) is 41.0 Å². The van der Waals surface area contributed by atoms with Crippen molar-refractivity contribution >= 4 is 22.6 Å². The summed E-state index contributed by atoms with van der Waals surface area (Å²) in [5.74, 6) is 1.64. The third-order valence-corrected chi connectivity index (χ3v) is 3.66. The predicted octanol–water partition coefficient (Wildman–Crippen LogP) is 4.92. The van der Waals surface area contributed by atoms with Gasteiger partial charge in [0.2, 0.25) is 0 Å². The Morgan fingerprint density at radius 1 is 1.37 bits per heavy atom. The lowest BCUT2D eigenvalue weighted by Gasteiger charge is -2.14. The van der Waals surface area contributed by atoms with Gasteiger partial charge in [-0.3, -0.25) is 0 Å². The standard InChI is InChI=1S/C15H15ClN2O/c1-3-10(2)18-13-9-11(16)6-7-12(13)17-15(18)14-5-4-8-19-14/h4-10H,3H2,1-2H3. The molecule has 0 bridgehead atoms. The lowest BCUT2D eigenvalue weighted by molar-refractivity contribution is 0.527. The quantitative estimate of drug-likeness (QED) is 0.679. The highest BCUT2D eigenvalue weighted by Gasteiger charge is 2.18. The van der Waals surface area contributed by atoms with Gasteiger partial charge in [-0.05, 0) is 43.7 Å². The van der Waals surface area contributed by atoms with E-state index in [-0.39, 0.29) is 0 Å². The molecular weight excluding hydrogens is 260 g/mol. The SMILES string of the molecule is CCC(C)n1c(-c2ccco2)nc2ccc(Cl)cc21. The van der Waals surface area contributed by atoms with Crippen molar-refractivity contribution in [3.63, 3.8) is 0 Å². The zero-order chi connectivity index (χ0) is 13.4. The van der Waals surface area contributed by atoms with Crippen LogP contribution in [0.1, 0.15) is 26.3 Å². The Morgan fingerprint density at radius 2 is 2.21 bits per heavy atom. The molecule has 3 aromatic rings. The number of furan rings is 1. The van der Waals surface area contributed by atoms with Crippen molar-refractivity contribution < 1.29 is 4.42 Å². The lowest BCUT2D eigenvalue weighted by Crippen LogP contribution is -2.05. The summed E-state index contributed by atoms with van der Waals surface area (Å²) in [5.41, 5.74) is 1.99. The number of benzene rings is 1. The maximum Gasteiger partial charge on any atom is 0.177 e. The number of fused-ring (bicyclic) bond motifs is 1. The monoisotopic (exact) mass is 274 g/mol. The number of nitrogens with zero attached hydrogens (tertiary/aromatic N) is 2. The minimum atomic E-state index is 0.337. The molecule has 0 amide bonds. The zero-order valence-electron chi connectivity index (χ0n) is 10.9. The molecular formula is C15H15ClN2O. The first kappa shape index (κ1) is 12.3. The molecule has 0 saturated carbocycles. The highest BCUT2D eigenvalue weighted by atomic mass is 35.5. The van der Waals surface area contributed by atoms with Crippen LogP contribution in [0.4, 0.5) is 0 Å². The summed E-state index contributed by atoms with van der Waals surface area (Å²) >= 11 is 6.11.